The molecule has 2 N–H and O–H groups in total. The Hall–Kier alpha value is -2.89. The summed E-state index contributed by atoms with van der Waals surface area (Å²) in [5.74, 6) is -1.06. The highest BCUT2D eigenvalue weighted by molar-refractivity contribution is 6.00. The van der Waals surface area contributed by atoms with Crippen molar-refractivity contribution in [3.63, 3.8) is 0 Å². The molecule has 3 aromatic rings. The number of rotatable bonds is 4. The number of hydrogen-bond acceptors (Lipinski definition) is 3. The number of aromatic carboxylic acids is 1. The molecular weight excluding hydrogens is 270 g/mol. The first-order valence-corrected chi connectivity index (χ1v) is 6.51. The Morgan fingerprint density at radius 1 is 1.24 bits per heavy atom. The molecule has 0 aliphatic heterocycles. The maximum absolute atomic E-state index is 12.0. The molecule has 6 nitrogen and oxygen atoms in total. The van der Waals surface area contributed by atoms with E-state index in [2.05, 4.69) is 9.97 Å². The van der Waals surface area contributed by atoms with Crippen molar-refractivity contribution in [2.75, 3.05) is 0 Å². The maximum atomic E-state index is 12.0. The van der Waals surface area contributed by atoms with Gasteiger partial charge in [-0.1, -0.05) is 12.1 Å². The lowest BCUT2D eigenvalue weighted by atomic mass is 10.2. The zero-order chi connectivity index (χ0) is 14.8. The Balaban J connectivity index is 1.99. The molecule has 1 aromatic carbocycles. The van der Waals surface area contributed by atoms with E-state index in [0.29, 0.717) is 24.0 Å². The lowest BCUT2D eigenvalue weighted by Crippen LogP contribution is -2.18. The molecule has 0 atom stereocenters. The SMILES string of the molecule is O=C(O)c1cccc2c1[nH]c(=O)n2CCc1ccccn1. The van der Waals surface area contributed by atoms with Crippen molar-refractivity contribution in [1.29, 1.82) is 0 Å². The van der Waals surface area contributed by atoms with Crippen LogP contribution in [0.25, 0.3) is 11.0 Å². The van der Waals surface area contributed by atoms with Crippen molar-refractivity contribution < 1.29 is 9.90 Å². The number of nitrogens with one attached hydrogen (secondary N) is 1. The first kappa shape index (κ1) is 13.1. The van der Waals surface area contributed by atoms with Crippen LogP contribution in [0.4, 0.5) is 0 Å². The molecule has 2 heterocycles. The summed E-state index contributed by atoms with van der Waals surface area (Å²) in [7, 11) is 0. The van der Waals surface area contributed by atoms with E-state index >= 15 is 0 Å². The van der Waals surface area contributed by atoms with Gasteiger partial charge in [-0.05, 0) is 24.3 Å². The van der Waals surface area contributed by atoms with E-state index in [1.54, 1.807) is 18.3 Å². The number of hydrogen-bond donors (Lipinski definition) is 2. The summed E-state index contributed by atoms with van der Waals surface area (Å²) in [6.45, 7) is 0.443. The average Bonchev–Trinajstić information content (AvgIpc) is 2.81. The third kappa shape index (κ3) is 2.43. The Kier molecular flexibility index (Phi) is 3.27. The van der Waals surface area contributed by atoms with Crippen LogP contribution in [-0.4, -0.2) is 25.6 Å². The molecule has 0 unspecified atom stereocenters. The molecule has 6 heteroatoms. The Bertz CT molecular complexity index is 849. The molecule has 0 radical (unpaired) electrons. The van der Waals surface area contributed by atoms with E-state index < -0.39 is 5.97 Å². The van der Waals surface area contributed by atoms with Crippen molar-refractivity contribution in [3.05, 3.63) is 64.3 Å². The lowest BCUT2D eigenvalue weighted by Gasteiger charge is -2.03. The topological polar surface area (TPSA) is 88.0 Å². The molecular formula is C15H13N3O3. The van der Waals surface area contributed by atoms with Gasteiger partial charge in [0.2, 0.25) is 0 Å². The van der Waals surface area contributed by atoms with Gasteiger partial charge < -0.3 is 10.1 Å². The molecule has 0 aliphatic rings. The zero-order valence-electron chi connectivity index (χ0n) is 11.1. The minimum atomic E-state index is -1.06. The van der Waals surface area contributed by atoms with Crippen LogP contribution in [0.3, 0.4) is 0 Å². The van der Waals surface area contributed by atoms with E-state index in [-0.39, 0.29) is 11.3 Å². The minimum Gasteiger partial charge on any atom is -0.478 e. The number of aromatic amines is 1. The summed E-state index contributed by atoms with van der Waals surface area (Å²) in [5, 5.41) is 9.15. The van der Waals surface area contributed by atoms with Gasteiger partial charge in [0.15, 0.2) is 0 Å². The number of carboxylic acid groups (broad SMARTS) is 1. The van der Waals surface area contributed by atoms with Crippen LogP contribution in [0, 0.1) is 0 Å². The molecule has 0 saturated carbocycles. The molecule has 0 saturated heterocycles. The number of aryl methyl sites for hydroxylation is 2. The number of carbonyl (C=O) groups is 1. The van der Waals surface area contributed by atoms with Crippen molar-refractivity contribution in [2.45, 2.75) is 13.0 Å². The van der Waals surface area contributed by atoms with E-state index in [1.807, 2.05) is 18.2 Å². The highest BCUT2D eigenvalue weighted by atomic mass is 16.4. The zero-order valence-corrected chi connectivity index (χ0v) is 11.1. The number of carboxylic acids is 1. The van der Waals surface area contributed by atoms with Gasteiger partial charge in [-0.15, -0.1) is 0 Å². The summed E-state index contributed by atoms with van der Waals surface area (Å²) >= 11 is 0. The number of H-pyrrole nitrogens is 1. The predicted octanol–water partition coefficient (Wildman–Crippen LogP) is 1.67. The second kappa shape index (κ2) is 5.24. The fourth-order valence-electron chi connectivity index (χ4n) is 2.35. The molecule has 3 rings (SSSR count). The van der Waals surface area contributed by atoms with Gasteiger partial charge in [0.05, 0.1) is 16.6 Å². The van der Waals surface area contributed by atoms with Crippen LogP contribution in [0.1, 0.15) is 16.1 Å². The molecule has 0 amide bonds. The smallest absolute Gasteiger partial charge is 0.337 e. The normalized spacial score (nSPS) is 10.9. The number of nitrogens with zero attached hydrogens (tertiary/aromatic N) is 2. The van der Waals surface area contributed by atoms with Gasteiger partial charge in [-0.25, -0.2) is 9.59 Å². The van der Waals surface area contributed by atoms with Crippen LogP contribution >= 0.6 is 0 Å². The van der Waals surface area contributed by atoms with Gasteiger partial charge in [-0.3, -0.25) is 9.55 Å². The fraction of sp³-hybridized carbons (Fsp3) is 0.133. The molecule has 0 spiro atoms. The van der Waals surface area contributed by atoms with Gasteiger partial charge in [-0.2, -0.15) is 0 Å². The van der Waals surface area contributed by atoms with E-state index in [1.165, 1.54) is 10.6 Å². The first-order chi connectivity index (χ1) is 10.2. The third-order valence-corrected chi connectivity index (χ3v) is 3.36. The van der Waals surface area contributed by atoms with Gasteiger partial charge >= 0.3 is 11.7 Å². The third-order valence-electron chi connectivity index (χ3n) is 3.36. The molecule has 0 bridgehead atoms. The summed E-state index contributed by atoms with van der Waals surface area (Å²) in [4.78, 5) is 30.0. The first-order valence-electron chi connectivity index (χ1n) is 6.51. The second-order valence-electron chi connectivity index (χ2n) is 4.66. The van der Waals surface area contributed by atoms with Crippen LogP contribution in [0.15, 0.2) is 47.4 Å². The quantitative estimate of drug-likeness (QED) is 0.762. The monoisotopic (exact) mass is 283 g/mol. The standard InChI is InChI=1S/C15H13N3O3/c19-14(20)11-5-3-6-12-13(11)17-15(21)18(12)9-7-10-4-1-2-8-16-10/h1-6,8H,7,9H2,(H,17,21)(H,19,20). The largest absolute Gasteiger partial charge is 0.478 e. The second-order valence-corrected chi connectivity index (χ2v) is 4.66. The Labute approximate surface area is 119 Å². The van der Waals surface area contributed by atoms with Crippen LogP contribution in [-0.2, 0) is 13.0 Å². The number of imidazole rings is 1. The minimum absolute atomic E-state index is 0.0983. The van der Waals surface area contributed by atoms with E-state index in [4.69, 9.17) is 5.11 Å². The maximum Gasteiger partial charge on any atom is 0.337 e. The molecule has 21 heavy (non-hydrogen) atoms. The number of pyridine rings is 1. The van der Waals surface area contributed by atoms with Gasteiger partial charge in [0.25, 0.3) is 0 Å². The van der Waals surface area contributed by atoms with Crippen LogP contribution < -0.4 is 5.69 Å². The highest BCUT2D eigenvalue weighted by Gasteiger charge is 2.14. The lowest BCUT2D eigenvalue weighted by molar-refractivity contribution is 0.0699. The highest BCUT2D eigenvalue weighted by Crippen LogP contribution is 2.15. The molecule has 0 aliphatic carbocycles. The van der Waals surface area contributed by atoms with Crippen LogP contribution in [0.2, 0.25) is 0 Å². The van der Waals surface area contributed by atoms with Crippen LogP contribution in [0.5, 0.6) is 0 Å². The summed E-state index contributed by atoms with van der Waals surface area (Å²) in [5.41, 5.74) is 1.62. The molecule has 0 fully saturated rings. The average molecular weight is 283 g/mol. The van der Waals surface area contributed by atoms with Gasteiger partial charge in [0.1, 0.15) is 0 Å². The summed E-state index contributed by atoms with van der Waals surface area (Å²) in [6.07, 6.45) is 2.31. The summed E-state index contributed by atoms with van der Waals surface area (Å²) < 4.78 is 1.54. The molecule has 106 valence electrons. The van der Waals surface area contributed by atoms with Crippen molar-refractivity contribution in [3.8, 4) is 0 Å². The number of fused-ring (bicyclic) bond motifs is 1. The Morgan fingerprint density at radius 2 is 2.10 bits per heavy atom. The van der Waals surface area contributed by atoms with E-state index in [9.17, 15) is 9.59 Å². The fourth-order valence-corrected chi connectivity index (χ4v) is 2.35. The number of benzene rings is 1. The van der Waals surface area contributed by atoms with E-state index in [0.717, 1.165) is 5.69 Å². The molecule has 2 aromatic heterocycles. The number of para-hydroxylation sites is 1. The Morgan fingerprint density at radius 3 is 2.81 bits per heavy atom. The predicted molar refractivity (Wildman–Crippen MR) is 77.5 cm³/mol. The number of aromatic nitrogens is 3. The van der Waals surface area contributed by atoms with Crippen molar-refractivity contribution in [1.82, 2.24) is 14.5 Å². The van der Waals surface area contributed by atoms with Crippen molar-refractivity contribution in [2.24, 2.45) is 0 Å². The summed E-state index contributed by atoms with van der Waals surface area (Å²) in [6, 6.07) is 10.5. The van der Waals surface area contributed by atoms with Gasteiger partial charge in [0, 0.05) is 24.9 Å². The van der Waals surface area contributed by atoms with Crippen molar-refractivity contribution >= 4 is 17.0 Å².